The first kappa shape index (κ1) is 10.9. The maximum atomic E-state index is 10.2. The van der Waals surface area contributed by atoms with Crippen molar-refractivity contribution >= 4 is 27.3 Å². The molecule has 1 unspecified atom stereocenters. The first-order chi connectivity index (χ1) is 7.18. The maximum absolute atomic E-state index is 10.2. The summed E-state index contributed by atoms with van der Waals surface area (Å²) < 4.78 is 0.994. The van der Waals surface area contributed by atoms with Crippen molar-refractivity contribution in [1.82, 2.24) is 0 Å². The molecule has 0 saturated carbocycles. The molecular formula is C12H11BrOS. The molecule has 1 heterocycles. The van der Waals surface area contributed by atoms with Crippen molar-refractivity contribution in [3.8, 4) is 0 Å². The molecule has 0 aliphatic heterocycles. The Hall–Kier alpha value is -0.640. The second-order valence-corrected chi connectivity index (χ2v) is 5.29. The fourth-order valence-corrected chi connectivity index (χ4v) is 2.85. The van der Waals surface area contributed by atoms with E-state index in [2.05, 4.69) is 15.9 Å². The van der Waals surface area contributed by atoms with Gasteiger partial charge in [-0.05, 0) is 41.6 Å². The van der Waals surface area contributed by atoms with Crippen LogP contribution in [-0.4, -0.2) is 5.11 Å². The van der Waals surface area contributed by atoms with Gasteiger partial charge in [0.1, 0.15) is 6.10 Å². The van der Waals surface area contributed by atoms with Crippen LogP contribution < -0.4 is 0 Å². The van der Waals surface area contributed by atoms with Crippen LogP contribution in [0, 0.1) is 6.92 Å². The molecule has 0 saturated heterocycles. The van der Waals surface area contributed by atoms with E-state index in [1.54, 1.807) is 11.3 Å². The quantitative estimate of drug-likeness (QED) is 0.886. The second kappa shape index (κ2) is 4.47. The lowest BCUT2D eigenvalue weighted by Gasteiger charge is -2.10. The van der Waals surface area contributed by atoms with Crippen molar-refractivity contribution in [2.24, 2.45) is 0 Å². The Morgan fingerprint density at radius 3 is 2.73 bits per heavy atom. The van der Waals surface area contributed by atoms with Crippen LogP contribution in [0.5, 0.6) is 0 Å². The monoisotopic (exact) mass is 282 g/mol. The van der Waals surface area contributed by atoms with E-state index in [-0.39, 0.29) is 0 Å². The molecule has 0 bridgehead atoms. The molecule has 1 nitrogen and oxygen atoms in total. The largest absolute Gasteiger partial charge is 0.383 e. The number of benzene rings is 1. The number of hydrogen-bond donors (Lipinski definition) is 1. The molecule has 2 rings (SSSR count). The van der Waals surface area contributed by atoms with Gasteiger partial charge in [-0.15, -0.1) is 11.3 Å². The zero-order valence-corrected chi connectivity index (χ0v) is 10.7. The molecule has 3 heteroatoms. The van der Waals surface area contributed by atoms with E-state index in [1.165, 1.54) is 0 Å². The highest BCUT2D eigenvalue weighted by atomic mass is 79.9. The zero-order chi connectivity index (χ0) is 10.8. The predicted molar refractivity (Wildman–Crippen MR) is 67.3 cm³/mol. The van der Waals surface area contributed by atoms with Crippen molar-refractivity contribution in [3.05, 3.63) is 56.2 Å². The summed E-state index contributed by atoms with van der Waals surface area (Å²) in [4.78, 5) is 1.02. The summed E-state index contributed by atoms with van der Waals surface area (Å²) in [5.74, 6) is 0. The van der Waals surface area contributed by atoms with Crippen LogP contribution in [-0.2, 0) is 0 Å². The van der Waals surface area contributed by atoms with Crippen molar-refractivity contribution in [3.63, 3.8) is 0 Å². The van der Waals surface area contributed by atoms with E-state index in [4.69, 9.17) is 0 Å². The van der Waals surface area contributed by atoms with Gasteiger partial charge in [-0.1, -0.05) is 28.1 Å². The molecule has 1 aromatic heterocycles. The summed E-state index contributed by atoms with van der Waals surface area (Å²) in [6.07, 6.45) is -0.512. The number of aryl methyl sites for hydroxylation is 1. The standard InChI is InChI=1S/C12H11BrOS/c1-8-5-6-15-12(8)11(14)9-3-2-4-10(13)7-9/h2-7,11,14H,1H3. The Morgan fingerprint density at radius 1 is 1.33 bits per heavy atom. The van der Waals surface area contributed by atoms with Gasteiger partial charge in [0.2, 0.25) is 0 Å². The van der Waals surface area contributed by atoms with E-state index in [9.17, 15) is 5.11 Å². The highest BCUT2D eigenvalue weighted by Gasteiger charge is 2.13. The normalized spacial score (nSPS) is 12.7. The van der Waals surface area contributed by atoms with E-state index in [0.29, 0.717) is 0 Å². The minimum Gasteiger partial charge on any atom is -0.383 e. The van der Waals surface area contributed by atoms with Crippen molar-refractivity contribution in [1.29, 1.82) is 0 Å². The first-order valence-corrected chi connectivity index (χ1v) is 6.33. The van der Waals surface area contributed by atoms with Gasteiger partial charge in [-0.3, -0.25) is 0 Å². The molecule has 15 heavy (non-hydrogen) atoms. The molecular weight excluding hydrogens is 272 g/mol. The number of rotatable bonds is 2. The Bertz CT molecular complexity index is 464. The van der Waals surface area contributed by atoms with Gasteiger partial charge >= 0.3 is 0 Å². The van der Waals surface area contributed by atoms with Crippen molar-refractivity contribution in [2.45, 2.75) is 13.0 Å². The van der Waals surface area contributed by atoms with E-state index >= 15 is 0 Å². The molecule has 0 amide bonds. The second-order valence-electron chi connectivity index (χ2n) is 3.43. The Morgan fingerprint density at radius 2 is 2.13 bits per heavy atom. The lowest BCUT2D eigenvalue weighted by Crippen LogP contribution is -1.98. The smallest absolute Gasteiger partial charge is 0.113 e. The van der Waals surface area contributed by atoms with Gasteiger partial charge in [0.25, 0.3) is 0 Å². The lowest BCUT2D eigenvalue weighted by atomic mass is 10.1. The molecule has 1 aromatic carbocycles. The fraction of sp³-hybridized carbons (Fsp3) is 0.167. The first-order valence-electron chi connectivity index (χ1n) is 4.66. The lowest BCUT2D eigenvalue weighted by molar-refractivity contribution is 0.223. The van der Waals surface area contributed by atoms with Crippen LogP contribution in [0.3, 0.4) is 0 Å². The molecule has 78 valence electrons. The molecule has 0 radical (unpaired) electrons. The number of halogens is 1. The summed E-state index contributed by atoms with van der Waals surface area (Å²) in [6.45, 7) is 2.02. The summed E-state index contributed by atoms with van der Waals surface area (Å²) in [6, 6.07) is 9.81. The molecule has 0 aliphatic rings. The number of thiophene rings is 1. The molecule has 0 spiro atoms. The highest BCUT2D eigenvalue weighted by molar-refractivity contribution is 9.10. The Balaban J connectivity index is 2.36. The van der Waals surface area contributed by atoms with Crippen LogP contribution >= 0.6 is 27.3 Å². The van der Waals surface area contributed by atoms with E-state index in [1.807, 2.05) is 42.6 Å². The van der Waals surface area contributed by atoms with Gasteiger partial charge in [0, 0.05) is 9.35 Å². The van der Waals surface area contributed by atoms with Crippen molar-refractivity contribution < 1.29 is 5.11 Å². The third-order valence-corrected chi connectivity index (χ3v) is 3.88. The average Bonchev–Trinajstić information content (AvgIpc) is 2.63. The Labute approximate surface area is 102 Å². The average molecular weight is 283 g/mol. The van der Waals surface area contributed by atoms with Crippen LogP contribution in [0.2, 0.25) is 0 Å². The van der Waals surface area contributed by atoms with Crippen LogP contribution in [0.1, 0.15) is 22.1 Å². The van der Waals surface area contributed by atoms with Crippen molar-refractivity contribution in [2.75, 3.05) is 0 Å². The molecule has 1 atom stereocenters. The number of aliphatic hydroxyl groups excluding tert-OH is 1. The topological polar surface area (TPSA) is 20.2 Å². The summed E-state index contributed by atoms with van der Waals surface area (Å²) >= 11 is 5.00. The molecule has 0 fully saturated rings. The zero-order valence-electron chi connectivity index (χ0n) is 8.27. The fourth-order valence-electron chi connectivity index (χ4n) is 1.49. The highest BCUT2D eigenvalue weighted by Crippen LogP contribution is 2.30. The van der Waals surface area contributed by atoms with E-state index in [0.717, 1.165) is 20.5 Å². The van der Waals surface area contributed by atoms with Crippen LogP contribution in [0.4, 0.5) is 0 Å². The van der Waals surface area contributed by atoms with Gasteiger partial charge in [-0.2, -0.15) is 0 Å². The molecule has 1 N–H and O–H groups in total. The van der Waals surface area contributed by atoms with Gasteiger partial charge < -0.3 is 5.11 Å². The van der Waals surface area contributed by atoms with Gasteiger partial charge in [0.05, 0.1) is 0 Å². The van der Waals surface area contributed by atoms with Crippen LogP contribution in [0.25, 0.3) is 0 Å². The Kier molecular flexibility index (Phi) is 3.24. The maximum Gasteiger partial charge on any atom is 0.113 e. The molecule has 0 aliphatic carbocycles. The molecule has 2 aromatic rings. The summed E-state index contributed by atoms with van der Waals surface area (Å²) in [7, 11) is 0. The predicted octanol–water partition coefficient (Wildman–Crippen LogP) is 3.90. The van der Waals surface area contributed by atoms with Crippen LogP contribution in [0.15, 0.2) is 40.2 Å². The minimum absolute atomic E-state index is 0.512. The summed E-state index contributed by atoms with van der Waals surface area (Å²) in [5.41, 5.74) is 2.07. The third-order valence-electron chi connectivity index (χ3n) is 2.31. The van der Waals surface area contributed by atoms with E-state index < -0.39 is 6.10 Å². The third kappa shape index (κ3) is 2.30. The van der Waals surface area contributed by atoms with Gasteiger partial charge in [-0.25, -0.2) is 0 Å². The number of hydrogen-bond acceptors (Lipinski definition) is 2. The minimum atomic E-state index is -0.512. The summed E-state index contributed by atoms with van der Waals surface area (Å²) in [5, 5.41) is 12.2. The van der Waals surface area contributed by atoms with Gasteiger partial charge in [0.15, 0.2) is 0 Å². The number of aliphatic hydroxyl groups is 1. The SMILES string of the molecule is Cc1ccsc1C(O)c1cccc(Br)c1.